The van der Waals surface area contributed by atoms with E-state index in [1.54, 1.807) is 11.8 Å². The van der Waals surface area contributed by atoms with Crippen molar-refractivity contribution in [2.45, 2.75) is 31.3 Å². The van der Waals surface area contributed by atoms with Crippen LogP contribution in [0.15, 0.2) is 11.1 Å². The van der Waals surface area contributed by atoms with Crippen LogP contribution in [-0.2, 0) is 16.6 Å². The molecule has 0 amide bonds. The third-order valence-corrected chi connectivity index (χ3v) is 4.58. The zero-order valence-corrected chi connectivity index (χ0v) is 11.8. The van der Waals surface area contributed by atoms with Crippen molar-refractivity contribution in [3.8, 4) is 0 Å². The lowest BCUT2D eigenvalue weighted by molar-refractivity contribution is 0.571. The Balaban J connectivity index is 2.92. The molecular weight excluding hydrogens is 260 g/mol. The van der Waals surface area contributed by atoms with Gasteiger partial charge in [0.05, 0.1) is 0 Å². The summed E-state index contributed by atoms with van der Waals surface area (Å²) in [6, 6.07) is -0.139. The molecule has 1 atom stereocenters. The molecule has 0 aliphatic carbocycles. The van der Waals surface area contributed by atoms with Gasteiger partial charge in [-0.2, -0.15) is 16.9 Å². The summed E-state index contributed by atoms with van der Waals surface area (Å²) in [5, 5.41) is 3.92. The number of thioether (sulfide) groups is 1. The molecule has 1 aromatic rings. The van der Waals surface area contributed by atoms with E-state index in [0.717, 1.165) is 0 Å². The molecule has 1 unspecified atom stereocenters. The van der Waals surface area contributed by atoms with E-state index >= 15 is 0 Å². The van der Waals surface area contributed by atoms with E-state index < -0.39 is 10.0 Å². The molecule has 0 radical (unpaired) electrons. The van der Waals surface area contributed by atoms with Crippen LogP contribution in [0.3, 0.4) is 0 Å². The highest BCUT2D eigenvalue weighted by Gasteiger charge is 2.22. The molecule has 0 saturated carbocycles. The molecule has 0 spiro atoms. The number of nitrogens with zero attached hydrogens (tertiary/aromatic N) is 2. The Hall–Kier alpha value is -0.730. The molecule has 0 fully saturated rings. The molecule has 0 aromatic carbocycles. The second-order valence-electron chi connectivity index (χ2n) is 3.71. The van der Waals surface area contributed by atoms with Crippen LogP contribution in [0, 0.1) is 0 Å². The normalized spacial score (nSPS) is 13.8. The number of nitrogens with two attached hydrogens (primary N) is 1. The summed E-state index contributed by atoms with van der Waals surface area (Å²) in [4.78, 5) is 0.0484. The summed E-state index contributed by atoms with van der Waals surface area (Å²) < 4.78 is 28.1. The molecule has 0 bridgehead atoms. The largest absolute Gasteiger partial charge is 0.381 e. The summed E-state index contributed by atoms with van der Waals surface area (Å²) >= 11 is 1.58. The number of rotatable bonds is 6. The van der Waals surface area contributed by atoms with Crippen LogP contribution in [-0.4, -0.2) is 36.2 Å². The van der Waals surface area contributed by atoms with Crippen molar-refractivity contribution in [1.82, 2.24) is 14.5 Å². The lowest BCUT2D eigenvalue weighted by Gasteiger charge is -2.11. The van der Waals surface area contributed by atoms with Crippen LogP contribution < -0.4 is 10.5 Å². The Kier molecular flexibility index (Phi) is 4.84. The lowest BCUT2D eigenvalue weighted by Crippen LogP contribution is -2.34. The van der Waals surface area contributed by atoms with Gasteiger partial charge in [-0.05, 0) is 20.1 Å². The van der Waals surface area contributed by atoms with Gasteiger partial charge in [-0.25, -0.2) is 13.1 Å². The second kappa shape index (κ2) is 5.74. The molecule has 1 heterocycles. The number of sulfonamides is 1. The van der Waals surface area contributed by atoms with Gasteiger partial charge in [-0.3, -0.25) is 4.68 Å². The molecule has 17 heavy (non-hydrogen) atoms. The number of nitrogen functional groups attached to an aromatic ring is 1. The monoisotopic (exact) mass is 278 g/mol. The van der Waals surface area contributed by atoms with Crippen molar-refractivity contribution in [2.75, 3.05) is 17.7 Å². The SMILES string of the molecule is CCn1cc(S(=O)(=O)NC(C)CSC)c(N)n1. The Bertz CT molecular complexity index is 469. The van der Waals surface area contributed by atoms with Crippen molar-refractivity contribution in [2.24, 2.45) is 0 Å². The Morgan fingerprint density at radius 1 is 1.65 bits per heavy atom. The van der Waals surface area contributed by atoms with E-state index in [2.05, 4.69) is 9.82 Å². The molecule has 3 N–H and O–H groups in total. The summed E-state index contributed by atoms with van der Waals surface area (Å²) in [7, 11) is -3.57. The quantitative estimate of drug-likeness (QED) is 0.791. The van der Waals surface area contributed by atoms with Crippen LogP contribution in [0.1, 0.15) is 13.8 Å². The highest BCUT2D eigenvalue weighted by atomic mass is 32.2. The van der Waals surface area contributed by atoms with Gasteiger partial charge >= 0.3 is 0 Å². The van der Waals surface area contributed by atoms with Crippen molar-refractivity contribution in [1.29, 1.82) is 0 Å². The van der Waals surface area contributed by atoms with Crippen LogP contribution in [0.4, 0.5) is 5.82 Å². The average Bonchev–Trinajstić information content (AvgIpc) is 2.60. The molecule has 1 aromatic heterocycles. The third kappa shape index (κ3) is 3.62. The fourth-order valence-electron chi connectivity index (χ4n) is 1.40. The fraction of sp³-hybridized carbons (Fsp3) is 0.667. The standard InChI is InChI=1S/C9H18N4O2S2/c1-4-13-5-8(9(10)11-13)17(14,15)12-7(2)6-16-3/h5,7,12H,4,6H2,1-3H3,(H2,10,11). The van der Waals surface area contributed by atoms with E-state index in [1.807, 2.05) is 20.1 Å². The summed E-state index contributed by atoms with van der Waals surface area (Å²) in [6.07, 6.45) is 3.37. The van der Waals surface area contributed by atoms with E-state index in [4.69, 9.17) is 5.73 Å². The number of hydrogen-bond acceptors (Lipinski definition) is 5. The topological polar surface area (TPSA) is 90.0 Å². The third-order valence-electron chi connectivity index (χ3n) is 2.14. The molecule has 0 aliphatic heterocycles. The maximum atomic E-state index is 12.0. The van der Waals surface area contributed by atoms with E-state index in [1.165, 1.54) is 10.9 Å². The highest BCUT2D eigenvalue weighted by molar-refractivity contribution is 7.98. The fourth-order valence-corrected chi connectivity index (χ4v) is 3.40. The molecule has 8 heteroatoms. The summed E-state index contributed by atoms with van der Waals surface area (Å²) in [6.45, 7) is 4.27. The first kappa shape index (κ1) is 14.3. The maximum absolute atomic E-state index is 12.0. The Morgan fingerprint density at radius 2 is 2.29 bits per heavy atom. The van der Waals surface area contributed by atoms with Gasteiger partial charge in [0.15, 0.2) is 5.82 Å². The Labute approximate surface area is 106 Å². The van der Waals surface area contributed by atoms with Crippen molar-refractivity contribution in [3.05, 3.63) is 6.20 Å². The smallest absolute Gasteiger partial charge is 0.246 e. The molecule has 98 valence electrons. The van der Waals surface area contributed by atoms with E-state index in [0.29, 0.717) is 12.3 Å². The van der Waals surface area contributed by atoms with Gasteiger partial charge in [0.1, 0.15) is 4.90 Å². The van der Waals surface area contributed by atoms with Crippen molar-refractivity contribution in [3.63, 3.8) is 0 Å². The molecule has 0 aliphatic rings. The van der Waals surface area contributed by atoms with Crippen LogP contribution >= 0.6 is 11.8 Å². The van der Waals surface area contributed by atoms with Crippen LogP contribution in [0.2, 0.25) is 0 Å². The zero-order chi connectivity index (χ0) is 13.1. The van der Waals surface area contributed by atoms with Crippen molar-refractivity contribution >= 4 is 27.6 Å². The first-order valence-electron chi connectivity index (χ1n) is 5.25. The lowest BCUT2D eigenvalue weighted by atomic mass is 10.4. The van der Waals surface area contributed by atoms with Gasteiger partial charge in [0.25, 0.3) is 0 Å². The van der Waals surface area contributed by atoms with Gasteiger partial charge in [-0.15, -0.1) is 0 Å². The number of nitrogens with one attached hydrogen (secondary N) is 1. The van der Waals surface area contributed by atoms with Crippen LogP contribution in [0.5, 0.6) is 0 Å². The number of hydrogen-bond donors (Lipinski definition) is 2. The predicted octanol–water partition coefficient (Wildman–Crippen LogP) is 0.515. The zero-order valence-electron chi connectivity index (χ0n) is 10.2. The molecular formula is C9H18N4O2S2. The van der Waals surface area contributed by atoms with Crippen molar-refractivity contribution < 1.29 is 8.42 Å². The van der Waals surface area contributed by atoms with Gasteiger partial charge in [-0.1, -0.05) is 0 Å². The predicted molar refractivity (Wildman–Crippen MR) is 70.5 cm³/mol. The minimum atomic E-state index is -3.57. The van der Waals surface area contributed by atoms with Gasteiger partial charge < -0.3 is 5.73 Å². The molecule has 0 saturated heterocycles. The Morgan fingerprint density at radius 3 is 2.76 bits per heavy atom. The minimum absolute atomic E-state index is 0.0377. The summed E-state index contributed by atoms with van der Waals surface area (Å²) in [5.41, 5.74) is 5.60. The highest BCUT2D eigenvalue weighted by Crippen LogP contribution is 2.16. The number of anilines is 1. The van der Waals surface area contributed by atoms with E-state index in [-0.39, 0.29) is 16.8 Å². The van der Waals surface area contributed by atoms with Crippen LogP contribution in [0.25, 0.3) is 0 Å². The molecule has 6 nitrogen and oxygen atoms in total. The minimum Gasteiger partial charge on any atom is -0.381 e. The first-order valence-corrected chi connectivity index (χ1v) is 8.12. The van der Waals surface area contributed by atoms with E-state index in [9.17, 15) is 8.42 Å². The first-order chi connectivity index (χ1) is 7.90. The average molecular weight is 278 g/mol. The van der Waals surface area contributed by atoms with Gasteiger partial charge in [0, 0.05) is 24.5 Å². The second-order valence-corrected chi connectivity index (χ2v) is 6.31. The summed E-state index contributed by atoms with van der Waals surface area (Å²) in [5.74, 6) is 0.747. The number of aromatic nitrogens is 2. The van der Waals surface area contributed by atoms with Gasteiger partial charge in [0.2, 0.25) is 10.0 Å². The number of aryl methyl sites for hydroxylation is 1. The maximum Gasteiger partial charge on any atom is 0.246 e. The molecule has 1 rings (SSSR count).